The Kier molecular flexibility index (Phi) is 4.56. The average molecular weight is 264 g/mol. The van der Waals surface area contributed by atoms with Gasteiger partial charge in [0.1, 0.15) is 5.75 Å². The summed E-state index contributed by atoms with van der Waals surface area (Å²) < 4.78 is 39.4. The predicted octanol–water partition coefficient (Wildman–Crippen LogP) is 1.96. The lowest BCUT2D eigenvalue weighted by Crippen LogP contribution is -2.30. The number of ether oxygens (including phenoxy) is 1. The van der Waals surface area contributed by atoms with Crippen LogP contribution in [0.2, 0.25) is 0 Å². The first-order valence-corrected chi connectivity index (χ1v) is 5.15. The molecule has 0 aromatic heterocycles. The van der Waals surface area contributed by atoms with E-state index in [0.29, 0.717) is 13.0 Å². The number of benzene rings is 1. The third-order valence-electron chi connectivity index (χ3n) is 1.87. The van der Waals surface area contributed by atoms with Gasteiger partial charge >= 0.3 is 6.36 Å². The van der Waals surface area contributed by atoms with Crippen LogP contribution in [-0.2, 0) is 6.42 Å². The molecule has 0 radical (unpaired) electrons. The molecule has 0 heterocycles. The summed E-state index contributed by atoms with van der Waals surface area (Å²) in [5, 5.41) is 2.94. The summed E-state index contributed by atoms with van der Waals surface area (Å²) in [6.07, 6.45) is -4.04. The summed E-state index contributed by atoms with van der Waals surface area (Å²) in [6, 6.07) is 5.65. The third kappa shape index (κ3) is 5.96. The molecular weight excluding hydrogens is 253 g/mol. The number of rotatable bonds is 4. The van der Waals surface area contributed by atoms with Gasteiger partial charge in [0.25, 0.3) is 0 Å². The highest BCUT2D eigenvalue weighted by Gasteiger charge is 2.30. The fraction of sp³-hybridized carbons (Fsp3) is 0.300. The van der Waals surface area contributed by atoms with Crippen molar-refractivity contribution < 1.29 is 17.9 Å². The van der Waals surface area contributed by atoms with E-state index in [1.165, 1.54) is 12.1 Å². The first-order valence-electron chi connectivity index (χ1n) is 4.75. The Morgan fingerprint density at radius 3 is 2.35 bits per heavy atom. The number of hydrogen-bond donors (Lipinski definition) is 2. The summed E-state index contributed by atoms with van der Waals surface area (Å²) in [5.41, 5.74) is 6.09. The molecule has 0 fully saturated rings. The molecule has 1 rings (SSSR count). The van der Waals surface area contributed by atoms with Crippen LogP contribution in [0.5, 0.6) is 5.75 Å². The molecule has 0 aliphatic carbocycles. The maximum atomic E-state index is 11.9. The van der Waals surface area contributed by atoms with E-state index in [0.717, 1.165) is 5.56 Å². The summed E-state index contributed by atoms with van der Waals surface area (Å²) in [4.78, 5) is 0. The van der Waals surface area contributed by atoms with Crippen molar-refractivity contribution in [1.29, 1.82) is 0 Å². The number of thiocarbonyl (C=S) groups is 1. The number of nitrogens with one attached hydrogen (secondary N) is 1. The zero-order chi connectivity index (χ0) is 12.9. The SMILES string of the molecule is NC(=S)NCCc1ccc(OC(F)(F)F)cc1. The largest absolute Gasteiger partial charge is 0.573 e. The molecule has 0 saturated heterocycles. The van der Waals surface area contributed by atoms with Crippen LogP contribution in [0.15, 0.2) is 24.3 Å². The van der Waals surface area contributed by atoms with Crippen LogP contribution in [0.4, 0.5) is 13.2 Å². The second kappa shape index (κ2) is 5.72. The molecule has 7 heteroatoms. The highest BCUT2D eigenvalue weighted by Crippen LogP contribution is 2.22. The Hall–Kier alpha value is -1.50. The van der Waals surface area contributed by atoms with E-state index in [1.54, 1.807) is 12.1 Å². The van der Waals surface area contributed by atoms with Gasteiger partial charge in [-0.3, -0.25) is 0 Å². The van der Waals surface area contributed by atoms with Gasteiger partial charge in [0.05, 0.1) is 0 Å². The minimum absolute atomic E-state index is 0.196. The standard InChI is InChI=1S/C10H11F3N2OS/c11-10(12,13)16-8-3-1-7(2-4-8)5-6-15-9(14)17/h1-4H,5-6H2,(H3,14,15,17). The fourth-order valence-corrected chi connectivity index (χ4v) is 1.29. The molecular formula is C10H11F3N2OS. The van der Waals surface area contributed by atoms with Gasteiger partial charge in [-0.15, -0.1) is 13.2 Å². The Morgan fingerprint density at radius 1 is 1.29 bits per heavy atom. The van der Waals surface area contributed by atoms with Crippen molar-refractivity contribution >= 4 is 17.3 Å². The lowest BCUT2D eigenvalue weighted by Gasteiger charge is -2.09. The van der Waals surface area contributed by atoms with Gasteiger partial charge < -0.3 is 15.8 Å². The number of nitrogens with two attached hydrogens (primary N) is 1. The second-order valence-corrected chi connectivity index (χ2v) is 3.67. The minimum atomic E-state index is -4.66. The molecule has 0 aliphatic heterocycles. The number of alkyl halides is 3. The van der Waals surface area contributed by atoms with E-state index < -0.39 is 6.36 Å². The van der Waals surface area contributed by atoms with Crippen molar-refractivity contribution in [2.45, 2.75) is 12.8 Å². The molecule has 0 atom stereocenters. The maximum absolute atomic E-state index is 11.9. The molecule has 3 N–H and O–H groups in total. The van der Waals surface area contributed by atoms with Crippen molar-refractivity contribution in [3.63, 3.8) is 0 Å². The van der Waals surface area contributed by atoms with Crippen LogP contribution in [-0.4, -0.2) is 18.0 Å². The lowest BCUT2D eigenvalue weighted by molar-refractivity contribution is -0.274. The van der Waals surface area contributed by atoms with Gasteiger partial charge in [-0.05, 0) is 36.3 Å². The van der Waals surface area contributed by atoms with E-state index in [9.17, 15) is 13.2 Å². The summed E-state index contributed by atoms with van der Waals surface area (Å²) in [6.45, 7) is 0.537. The molecule has 0 spiro atoms. The molecule has 0 saturated carbocycles. The van der Waals surface area contributed by atoms with Crippen LogP contribution in [0, 0.1) is 0 Å². The second-order valence-electron chi connectivity index (χ2n) is 3.23. The topological polar surface area (TPSA) is 47.3 Å². The first-order chi connectivity index (χ1) is 7.87. The van der Waals surface area contributed by atoms with E-state index in [4.69, 9.17) is 5.73 Å². The van der Waals surface area contributed by atoms with Crippen molar-refractivity contribution in [3.8, 4) is 5.75 Å². The van der Waals surface area contributed by atoms with Crippen LogP contribution >= 0.6 is 12.2 Å². The maximum Gasteiger partial charge on any atom is 0.573 e. The molecule has 17 heavy (non-hydrogen) atoms. The van der Waals surface area contributed by atoms with Crippen LogP contribution in [0.25, 0.3) is 0 Å². The van der Waals surface area contributed by atoms with E-state index in [2.05, 4.69) is 22.3 Å². The van der Waals surface area contributed by atoms with Crippen molar-refractivity contribution in [2.24, 2.45) is 5.73 Å². The molecule has 94 valence electrons. The first kappa shape index (κ1) is 13.6. The van der Waals surface area contributed by atoms with Crippen molar-refractivity contribution in [3.05, 3.63) is 29.8 Å². The lowest BCUT2D eigenvalue weighted by atomic mass is 10.1. The molecule has 0 unspecified atom stereocenters. The van der Waals surface area contributed by atoms with Gasteiger partial charge in [0.15, 0.2) is 5.11 Å². The van der Waals surface area contributed by atoms with Gasteiger partial charge in [0, 0.05) is 6.54 Å². The number of hydrogen-bond acceptors (Lipinski definition) is 2. The highest BCUT2D eigenvalue weighted by molar-refractivity contribution is 7.80. The van der Waals surface area contributed by atoms with Gasteiger partial charge in [-0.2, -0.15) is 0 Å². The van der Waals surface area contributed by atoms with E-state index in [1.807, 2.05) is 0 Å². The molecule has 0 bridgehead atoms. The average Bonchev–Trinajstić information content (AvgIpc) is 2.18. The van der Waals surface area contributed by atoms with Crippen LogP contribution in [0.1, 0.15) is 5.56 Å². The quantitative estimate of drug-likeness (QED) is 0.816. The summed E-state index contributed by atoms with van der Waals surface area (Å²) in [5.74, 6) is -0.233. The highest BCUT2D eigenvalue weighted by atomic mass is 32.1. The fourth-order valence-electron chi connectivity index (χ4n) is 1.19. The molecule has 1 aromatic carbocycles. The van der Waals surface area contributed by atoms with Crippen molar-refractivity contribution in [1.82, 2.24) is 5.32 Å². The summed E-state index contributed by atoms with van der Waals surface area (Å²) in [7, 11) is 0. The smallest absolute Gasteiger partial charge is 0.406 e. The van der Waals surface area contributed by atoms with Crippen LogP contribution in [0.3, 0.4) is 0 Å². The summed E-state index contributed by atoms with van der Waals surface area (Å²) >= 11 is 4.61. The minimum Gasteiger partial charge on any atom is -0.406 e. The Morgan fingerprint density at radius 2 is 1.88 bits per heavy atom. The van der Waals surface area contributed by atoms with Gasteiger partial charge in [-0.1, -0.05) is 12.1 Å². The Labute approximate surface area is 102 Å². The van der Waals surface area contributed by atoms with Crippen LogP contribution < -0.4 is 15.8 Å². The van der Waals surface area contributed by atoms with E-state index in [-0.39, 0.29) is 10.9 Å². The molecule has 0 aliphatic rings. The van der Waals surface area contributed by atoms with Gasteiger partial charge in [0.2, 0.25) is 0 Å². The number of halogens is 3. The normalized spacial score (nSPS) is 11.0. The monoisotopic (exact) mass is 264 g/mol. The predicted molar refractivity (Wildman–Crippen MR) is 61.6 cm³/mol. The molecule has 0 amide bonds. The van der Waals surface area contributed by atoms with Gasteiger partial charge in [-0.25, -0.2) is 0 Å². The third-order valence-corrected chi connectivity index (χ3v) is 2.01. The zero-order valence-electron chi connectivity index (χ0n) is 8.75. The Bertz CT molecular complexity index is 378. The Balaban J connectivity index is 2.47. The van der Waals surface area contributed by atoms with E-state index >= 15 is 0 Å². The van der Waals surface area contributed by atoms with Crippen molar-refractivity contribution in [2.75, 3.05) is 6.54 Å². The molecule has 3 nitrogen and oxygen atoms in total. The molecule has 1 aromatic rings. The zero-order valence-corrected chi connectivity index (χ0v) is 9.57.